The SMILES string of the molecule is O=C(Cc1cccc(Br)c1)NCCN1C(=O)S/C(=C\c2ccccc2F)C1=O. The molecule has 0 bridgehead atoms. The van der Waals surface area contributed by atoms with E-state index < -0.39 is 17.0 Å². The van der Waals surface area contributed by atoms with Crippen molar-refractivity contribution < 1.29 is 18.8 Å². The van der Waals surface area contributed by atoms with E-state index in [0.29, 0.717) is 0 Å². The van der Waals surface area contributed by atoms with E-state index in [9.17, 15) is 18.8 Å². The summed E-state index contributed by atoms with van der Waals surface area (Å²) in [7, 11) is 0. The van der Waals surface area contributed by atoms with Crippen LogP contribution >= 0.6 is 27.7 Å². The topological polar surface area (TPSA) is 66.5 Å². The fraction of sp³-hybridized carbons (Fsp3) is 0.150. The highest BCUT2D eigenvalue weighted by molar-refractivity contribution is 9.10. The van der Waals surface area contributed by atoms with Gasteiger partial charge in [0.05, 0.1) is 11.3 Å². The van der Waals surface area contributed by atoms with Gasteiger partial charge in [-0.3, -0.25) is 19.3 Å². The van der Waals surface area contributed by atoms with Crippen LogP contribution in [-0.4, -0.2) is 35.0 Å². The van der Waals surface area contributed by atoms with Gasteiger partial charge in [0.15, 0.2) is 0 Å². The predicted molar refractivity (Wildman–Crippen MR) is 110 cm³/mol. The number of thioether (sulfide) groups is 1. The van der Waals surface area contributed by atoms with Crippen molar-refractivity contribution in [1.82, 2.24) is 10.2 Å². The van der Waals surface area contributed by atoms with Crippen LogP contribution in [0.1, 0.15) is 11.1 Å². The molecular weight excluding hydrogens is 447 g/mol. The predicted octanol–water partition coefficient (Wildman–Crippen LogP) is 3.98. The number of hydrogen-bond acceptors (Lipinski definition) is 4. The molecule has 0 aliphatic carbocycles. The fourth-order valence-corrected chi connectivity index (χ4v) is 3.93. The number of imide groups is 1. The highest BCUT2D eigenvalue weighted by atomic mass is 79.9. The fourth-order valence-electron chi connectivity index (χ4n) is 2.63. The normalized spacial score (nSPS) is 15.4. The lowest BCUT2D eigenvalue weighted by Gasteiger charge is -2.13. The third-order valence-electron chi connectivity index (χ3n) is 3.98. The number of carbonyl (C=O) groups excluding carboxylic acids is 3. The summed E-state index contributed by atoms with van der Waals surface area (Å²) in [5, 5.41) is 2.27. The summed E-state index contributed by atoms with van der Waals surface area (Å²) in [5.41, 5.74) is 1.10. The number of amides is 3. The van der Waals surface area contributed by atoms with Crippen LogP contribution in [0, 0.1) is 5.82 Å². The van der Waals surface area contributed by atoms with E-state index in [1.165, 1.54) is 18.2 Å². The van der Waals surface area contributed by atoms with E-state index in [0.717, 1.165) is 26.7 Å². The molecular formula is C20H16BrFN2O3S. The van der Waals surface area contributed by atoms with Gasteiger partial charge in [-0.05, 0) is 41.6 Å². The summed E-state index contributed by atoms with van der Waals surface area (Å²) in [5.74, 6) is -1.15. The molecule has 1 aliphatic rings. The molecule has 0 unspecified atom stereocenters. The van der Waals surface area contributed by atoms with Gasteiger partial charge in [0.1, 0.15) is 5.82 Å². The first kappa shape index (κ1) is 20.3. The Bertz CT molecular complexity index is 964. The summed E-state index contributed by atoms with van der Waals surface area (Å²) >= 11 is 4.11. The average Bonchev–Trinajstić information content (AvgIpc) is 2.91. The summed E-state index contributed by atoms with van der Waals surface area (Å²) in [6.45, 7) is 0.210. The van der Waals surface area contributed by atoms with Crippen LogP contribution in [0.3, 0.4) is 0 Å². The number of benzene rings is 2. The van der Waals surface area contributed by atoms with Crippen LogP contribution in [0.25, 0.3) is 6.08 Å². The summed E-state index contributed by atoms with van der Waals surface area (Å²) in [6.07, 6.45) is 1.57. The largest absolute Gasteiger partial charge is 0.354 e. The third-order valence-corrected chi connectivity index (χ3v) is 5.38. The molecule has 3 rings (SSSR count). The zero-order chi connectivity index (χ0) is 20.1. The molecule has 0 saturated carbocycles. The number of nitrogens with zero attached hydrogens (tertiary/aromatic N) is 1. The molecule has 144 valence electrons. The minimum atomic E-state index is -0.487. The molecule has 28 heavy (non-hydrogen) atoms. The van der Waals surface area contributed by atoms with Gasteiger partial charge in [-0.15, -0.1) is 0 Å². The Balaban J connectivity index is 1.55. The van der Waals surface area contributed by atoms with Crippen LogP contribution < -0.4 is 5.32 Å². The lowest BCUT2D eigenvalue weighted by atomic mass is 10.1. The second-order valence-electron chi connectivity index (χ2n) is 6.01. The van der Waals surface area contributed by atoms with E-state index in [2.05, 4.69) is 21.2 Å². The minimum Gasteiger partial charge on any atom is -0.354 e. The Morgan fingerprint density at radius 3 is 2.71 bits per heavy atom. The minimum absolute atomic E-state index is 0.0590. The first-order valence-corrected chi connectivity index (χ1v) is 10.1. The van der Waals surface area contributed by atoms with Crippen molar-refractivity contribution in [2.75, 3.05) is 13.1 Å². The Kier molecular flexibility index (Phi) is 6.64. The van der Waals surface area contributed by atoms with Crippen molar-refractivity contribution in [3.63, 3.8) is 0 Å². The highest BCUT2D eigenvalue weighted by Crippen LogP contribution is 2.32. The maximum atomic E-state index is 13.7. The molecule has 8 heteroatoms. The van der Waals surface area contributed by atoms with Crippen LogP contribution in [0.4, 0.5) is 9.18 Å². The second kappa shape index (κ2) is 9.16. The van der Waals surface area contributed by atoms with Gasteiger partial charge in [-0.2, -0.15) is 0 Å². The molecule has 0 atom stereocenters. The van der Waals surface area contributed by atoms with E-state index in [4.69, 9.17) is 0 Å². The summed E-state index contributed by atoms with van der Waals surface area (Å²) in [6, 6.07) is 13.4. The third kappa shape index (κ3) is 5.08. The maximum absolute atomic E-state index is 13.7. The van der Waals surface area contributed by atoms with E-state index >= 15 is 0 Å². The molecule has 1 saturated heterocycles. The van der Waals surface area contributed by atoms with Crippen LogP contribution in [-0.2, 0) is 16.0 Å². The van der Waals surface area contributed by atoms with Crippen LogP contribution in [0.2, 0.25) is 0 Å². The number of hydrogen-bond donors (Lipinski definition) is 1. The van der Waals surface area contributed by atoms with Crippen molar-refractivity contribution in [3.8, 4) is 0 Å². The zero-order valence-corrected chi connectivity index (χ0v) is 17.1. The first-order valence-electron chi connectivity index (χ1n) is 8.45. The Hall–Kier alpha value is -2.45. The number of carbonyl (C=O) groups is 3. The maximum Gasteiger partial charge on any atom is 0.293 e. The van der Waals surface area contributed by atoms with Crippen molar-refractivity contribution in [3.05, 3.63) is 74.9 Å². The van der Waals surface area contributed by atoms with E-state index in [1.54, 1.807) is 12.1 Å². The molecule has 0 spiro atoms. The Labute approximate surface area is 174 Å². The van der Waals surface area contributed by atoms with Crippen molar-refractivity contribution in [2.45, 2.75) is 6.42 Å². The lowest BCUT2D eigenvalue weighted by molar-refractivity contribution is -0.124. The van der Waals surface area contributed by atoms with Gasteiger partial charge < -0.3 is 5.32 Å². The Morgan fingerprint density at radius 2 is 1.96 bits per heavy atom. The quantitative estimate of drug-likeness (QED) is 0.659. The van der Waals surface area contributed by atoms with Crippen molar-refractivity contribution >= 4 is 50.8 Å². The molecule has 0 radical (unpaired) electrons. The van der Waals surface area contributed by atoms with Gasteiger partial charge in [-0.1, -0.05) is 46.3 Å². The molecule has 1 aliphatic heterocycles. The van der Waals surface area contributed by atoms with Gasteiger partial charge in [0.25, 0.3) is 11.1 Å². The monoisotopic (exact) mass is 462 g/mol. The molecule has 0 aromatic heterocycles. The van der Waals surface area contributed by atoms with Gasteiger partial charge in [0, 0.05) is 23.1 Å². The van der Waals surface area contributed by atoms with Crippen molar-refractivity contribution in [2.24, 2.45) is 0 Å². The van der Waals surface area contributed by atoms with Crippen LogP contribution in [0.15, 0.2) is 57.9 Å². The molecule has 1 N–H and O–H groups in total. The molecule has 2 aromatic rings. The molecule has 1 heterocycles. The van der Waals surface area contributed by atoms with Crippen molar-refractivity contribution in [1.29, 1.82) is 0 Å². The summed E-state index contributed by atoms with van der Waals surface area (Å²) in [4.78, 5) is 37.7. The van der Waals surface area contributed by atoms with Crippen LogP contribution in [0.5, 0.6) is 0 Å². The highest BCUT2D eigenvalue weighted by Gasteiger charge is 2.34. The average molecular weight is 463 g/mol. The lowest BCUT2D eigenvalue weighted by Crippen LogP contribution is -2.37. The zero-order valence-electron chi connectivity index (χ0n) is 14.7. The number of rotatable bonds is 6. The standard InChI is InChI=1S/C20H16BrFN2O3S/c21-15-6-3-4-13(10-15)11-18(25)23-8-9-24-19(26)17(28-20(24)27)12-14-5-1-2-7-16(14)22/h1-7,10,12H,8-9,11H2,(H,23,25)/b17-12-. The molecule has 1 fully saturated rings. The molecule has 5 nitrogen and oxygen atoms in total. The van der Waals surface area contributed by atoms with E-state index in [1.807, 2.05) is 24.3 Å². The smallest absolute Gasteiger partial charge is 0.293 e. The summed E-state index contributed by atoms with van der Waals surface area (Å²) < 4.78 is 14.6. The number of halogens is 2. The molecule has 2 aromatic carbocycles. The Morgan fingerprint density at radius 1 is 1.18 bits per heavy atom. The van der Waals surface area contributed by atoms with E-state index in [-0.39, 0.29) is 35.9 Å². The van der Waals surface area contributed by atoms with Gasteiger partial charge >= 0.3 is 0 Å². The van der Waals surface area contributed by atoms with Gasteiger partial charge in [-0.25, -0.2) is 4.39 Å². The van der Waals surface area contributed by atoms with Gasteiger partial charge in [0.2, 0.25) is 5.91 Å². The second-order valence-corrected chi connectivity index (χ2v) is 7.92. The number of nitrogens with one attached hydrogen (secondary N) is 1. The first-order chi connectivity index (χ1) is 13.4. The molecule has 3 amide bonds.